The molecule has 0 aliphatic heterocycles. The first kappa shape index (κ1) is 25.5. The highest BCUT2D eigenvalue weighted by Crippen LogP contribution is 2.48. The van der Waals surface area contributed by atoms with E-state index in [1.165, 1.54) is 57.8 Å². The van der Waals surface area contributed by atoms with Gasteiger partial charge in [-0.15, -0.1) is 0 Å². The number of aliphatic hydroxyl groups excluding tert-OH is 1. The Bertz CT molecular complexity index is 714. The molecule has 2 aliphatic carbocycles. The Kier molecular flexibility index (Phi) is 10.3. The molecule has 1 unspecified atom stereocenters. The first-order valence-electron chi connectivity index (χ1n) is 13.0. The Morgan fingerprint density at radius 2 is 2.00 bits per heavy atom. The van der Waals surface area contributed by atoms with Gasteiger partial charge in [-0.2, -0.15) is 0 Å². The van der Waals surface area contributed by atoms with Crippen molar-refractivity contribution in [2.45, 2.75) is 96.4 Å². The minimum absolute atomic E-state index is 0.0281. The van der Waals surface area contributed by atoms with Crippen molar-refractivity contribution >= 4 is 17.5 Å². The third kappa shape index (κ3) is 7.46. The predicted molar refractivity (Wildman–Crippen MR) is 133 cm³/mol. The van der Waals surface area contributed by atoms with Gasteiger partial charge in [-0.3, -0.25) is 4.79 Å². The number of rotatable bonds is 13. The van der Waals surface area contributed by atoms with Crippen molar-refractivity contribution in [1.29, 1.82) is 0 Å². The molecule has 0 heterocycles. The molecule has 2 saturated carbocycles. The summed E-state index contributed by atoms with van der Waals surface area (Å²) in [5.41, 5.74) is 2.08. The van der Waals surface area contributed by atoms with Crippen molar-refractivity contribution in [3.8, 4) is 0 Å². The van der Waals surface area contributed by atoms with E-state index in [2.05, 4.69) is 17.6 Å². The highest BCUT2D eigenvalue weighted by Gasteiger charge is 2.39. The Morgan fingerprint density at radius 3 is 2.72 bits per heavy atom. The monoisotopic (exact) mass is 462 g/mol. The summed E-state index contributed by atoms with van der Waals surface area (Å²) in [5.74, 6) is 0.841. The van der Waals surface area contributed by atoms with E-state index in [1.807, 2.05) is 18.2 Å². The quantitative estimate of drug-likeness (QED) is 0.320. The molecule has 1 amide bonds. The average molecular weight is 463 g/mol. The van der Waals surface area contributed by atoms with Crippen LogP contribution >= 0.6 is 11.6 Å². The van der Waals surface area contributed by atoms with E-state index in [1.54, 1.807) is 0 Å². The first-order valence-corrected chi connectivity index (χ1v) is 13.3. The van der Waals surface area contributed by atoms with E-state index in [0.717, 1.165) is 50.3 Å². The van der Waals surface area contributed by atoms with Gasteiger partial charge in [0.2, 0.25) is 0 Å². The molecule has 2 aliphatic rings. The molecule has 32 heavy (non-hydrogen) atoms. The molecule has 0 radical (unpaired) electrons. The van der Waals surface area contributed by atoms with Crippen molar-refractivity contribution in [2.24, 2.45) is 11.3 Å². The lowest BCUT2D eigenvalue weighted by Gasteiger charge is -2.45. The second kappa shape index (κ2) is 13.0. The number of amides is 1. The van der Waals surface area contributed by atoms with Crippen molar-refractivity contribution < 1.29 is 9.90 Å². The number of carbonyl (C=O) groups is 1. The molecule has 5 heteroatoms. The van der Waals surface area contributed by atoms with Crippen molar-refractivity contribution in [1.82, 2.24) is 10.6 Å². The van der Waals surface area contributed by atoms with E-state index in [-0.39, 0.29) is 12.5 Å². The number of halogens is 1. The first-order chi connectivity index (χ1) is 15.5. The summed E-state index contributed by atoms with van der Waals surface area (Å²) in [7, 11) is 0. The van der Waals surface area contributed by atoms with Gasteiger partial charge in [-0.25, -0.2) is 0 Å². The standard InChI is InChI=1S/C27H43ClN2O2/c1-2-3-10-23(13-17-31)29-16-6-9-21-11-12-25(28)24(18-21)26(32)30-20-27-14-4-7-22(19-27)8-5-15-27/h11-12,18,22-23,29,31H,2-10,13-17,19-20H2,1H3,(H,30,32). The molecular weight excluding hydrogens is 420 g/mol. The number of benzene rings is 1. The van der Waals surface area contributed by atoms with Crippen molar-refractivity contribution in [3.63, 3.8) is 0 Å². The predicted octanol–water partition coefficient (Wildman–Crippen LogP) is 5.89. The topological polar surface area (TPSA) is 61.4 Å². The van der Waals surface area contributed by atoms with E-state index in [0.29, 0.717) is 22.0 Å². The van der Waals surface area contributed by atoms with Gasteiger partial charge in [0.25, 0.3) is 5.91 Å². The van der Waals surface area contributed by atoms with Crippen LogP contribution in [-0.2, 0) is 6.42 Å². The van der Waals surface area contributed by atoms with Crippen LogP contribution in [-0.4, -0.2) is 36.8 Å². The van der Waals surface area contributed by atoms with Crippen molar-refractivity contribution in [2.75, 3.05) is 19.7 Å². The minimum Gasteiger partial charge on any atom is -0.396 e. The molecule has 3 N–H and O–H groups in total. The van der Waals surface area contributed by atoms with Gasteiger partial charge in [0.1, 0.15) is 0 Å². The Labute approximate surface area is 199 Å². The summed E-state index contributed by atoms with van der Waals surface area (Å²) in [6.07, 6.45) is 15.4. The van der Waals surface area contributed by atoms with Gasteiger partial charge in [0.05, 0.1) is 10.6 Å². The summed E-state index contributed by atoms with van der Waals surface area (Å²) >= 11 is 6.40. The molecule has 2 fully saturated rings. The third-order valence-electron chi connectivity index (χ3n) is 7.72. The number of carbonyl (C=O) groups excluding carboxylic acids is 1. The Hall–Kier alpha value is -1.10. The fourth-order valence-electron chi connectivity index (χ4n) is 5.89. The van der Waals surface area contributed by atoms with Gasteiger partial charge in [0.15, 0.2) is 0 Å². The molecule has 4 nitrogen and oxygen atoms in total. The van der Waals surface area contributed by atoms with E-state index in [9.17, 15) is 9.90 Å². The zero-order valence-electron chi connectivity index (χ0n) is 19.9. The summed E-state index contributed by atoms with van der Waals surface area (Å²) in [4.78, 5) is 13.0. The maximum absolute atomic E-state index is 13.0. The number of aryl methyl sites for hydroxylation is 1. The largest absolute Gasteiger partial charge is 0.396 e. The van der Waals surface area contributed by atoms with Crippen LogP contribution in [0.1, 0.15) is 99.9 Å². The summed E-state index contributed by atoms with van der Waals surface area (Å²) < 4.78 is 0. The molecule has 2 bridgehead atoms. The van der Waals surface area contributed by atoms with Gasteiger partial charge in [0, 0.05) is 19.2 Å². The zero-order valence-corrected chi connectivity index (χ0v) is 20.7. The molecule has 1 atom stereocenters. The summed E-state index contributed by atoms with van der Waals surface area (Å²) in [6, 6.07) is 6.27. The number of nitrogens with one attached hydrogen (secondary N) is 2. The van der Waals surface area contributed by atoms with Gasteiger partial charge in [-0.1, -0.05) is 63.1 Å². The highest BCUT2D eigenvalue weighted by molar-refractivity contribution is 6.33. The SMILES string of the molecule is CCCCC(CCO)NCCCc1ccc(Cl)c(C(=O)NCC23CCCC(CCC2)C3)c1. The highest BCUT2D eigenvalue weighted by atomic mass is 35.5. The smallest absolute Gasteiger partial charge is 0.252 e. The molecule has 1 aromatic rings. The Balaban J connectivity index is 1.48. The lowest BCUT2D eigenvalue weighted by atomic mass is 9.62. The maximum atomic E-state index is 13.0. The summed E-state index contributed by atoms with van der Waals surface area (Å²) in [5, 5.41) is 16.6. The van der Waals surface area contributed by atoms with Crippen LogP contribution in [0.5, 0.6) is 0 Å². The van der Waals surface area contributed by atoms with Crippen LogP contribution in [0.4, 0.5) is 0 Å². The van der Waals surface area contributed by atoms with Crippen LogP contribution in [0.15, 0.2) is 18.2 Å². The number of hydrogen-bond acceptors (Lipinski definition) is 3. The second-order valence-electron chi connectivity index (χ2n) is 10.3. The Morgan fingerprint density at radius 1 is 1.22 bits per heavy atom. The number of fused-ring (bicyclic) bond motifs is 2. The van der Waals surface area contributed by atoms with E-state index in [4.69, 9.17) is 11.6 Å². The van der Waals surface area contributed by atoms with Gasteiger partial charge >= 0.3 is 0 Å². The van der Waals surface area contributed by atoms with Crippen LogP contribution in [0, 0.1) is 11.3 Å². The second-order valence-corrected chi connectivity index (χ2v) is 10.7. The van der Waals surface area contributed by atoms with Gasteiger partial charge < -0.3 is 15.7 Å². The lowest BCUT2D eigenvalue weighted by Crippen LogP contribution is -2.43. The molecular formula is C27H43ClN2O2. The molecule has 180 valence electrons. The zero-order chi connectivity index (χ0) is 22.8. The number of hydrogen-bond donors (Lipinski definition) is 3. The van der Waals surface area contributed by atoms with E-state index >= 15 is 0 Å². The van der Waals surface area contributed by atoms with Crippen molar-refractivity contribution in [3.05, 3.63) is 34.3 Å². The van der Waals surface area contributed by atoms with Crippen LogP contribution in [0.25, 0.3) is 0 Å². The fraction of sp³-hybridized carbons (Fsp3) is 0.741. The molecule has 0 aromatic heterocycles. The fourth-order valence-corrected chi connectivity index (χ4v) is 6.09. The number of unbranched alkanes of at least 4 members (excludes halogenated alkanes) is 1. The van der Waals surface area contributed by atoms with E-state index < -0.39 is 0 Å². The molecule has 3 rings (SSSR count). The number of aliphatic hydroxyl groups is 1. The maximum Gasteiger partial charge on any atom is 0.252 e. The average Bonchev–Trinajstić information content (AvgIpc) is 2.79. The van der Waals surface area contributed by atoms with Crippen LogP contribution in [0.2, 0.25) is 5.02 Å². The lowest BCUT2D eigenvalue weighted by molar-refractivity contribution is 0.0681. The minimum atomic E-state index is -0.0281. The third-order valence-corrected chi connectivity index (χ3v) is 8.05. The van der Waals surface area contributed by atoms with Crippen LogP contribution in [0.3, 0.4) is 0 Å². The molecule has 1 aromatic carbocycles. The van der Waals surface area contributed by atoms with Crippen LogP contribution < -0.4 is 10.6 Å². The molecule has 0 spiro atoms. The van der Waals surface area contributed by atoms with Gasteiger partial charge in [-0.05, 0) is 80.5 Å². The normalized spacial score (nSPS) is 23.7. The molecule has 0 saturated heterocycles. The summed E-state index contributed by atoms with van der Waals surface area (Å²) in [6.45, 7) is 4.14.